The van der Waals surface area contributed by atoms with E-state index in [2.05, 4.69) is 21.8 Å². The second-order valence-electron chi connectivity index (χ2n) is 2.85. The van der Waals surface area contributed by atoms with Crippen LogP contribution in [0.2, 0.25) is 0 Å². The molecule has 2 rings (SSSR count). The third-order valence-electron chi connectivity index (χ3n) is 1.74. The Hall–Kier alpha value is -2.21. The molecular weight excluding hydrogens is 191 g/mol. The van der Waals surface area contributed by atoms with Crippen molar-refractivity contribution in [1.29, 1.82) is 0 Å². The molecule has 0 aliphatic heterocycles. The molecule has 1 heterocycles. The molecule has 0 atom stereocenters. The first-order valence-corrected chi connectivity index (χ1v) is 4.38. The lowest BCUT2D eigenvalue weighted by atomic mass is 10.2. The Morgan fingerprint density at radius 2 is 1.80 bits per heavy atom. The van der Waals surface area contributed by atoms with Gasteiger partial charge in [-0.2, -0.15) is 0 Å². The van der Waals surface area contributed by atoms with Crippen LogP contribution in [0.4, 0.5) is 4.39 Å². The maximum absolute atomic E-state index is 12.6. The van der Waals surface area contributed by atoms with Gasteiger partial charge in [0, 0.05) is 18.0 Å². The lowest BCUT2D eigenvalue weighted by Crippen LogP contribution is -1.82. The SMILES string of the molecule is Fc1ccc(C#Cc2cnccn2)cc1. The van der Waals surface area contributed by atoms with Crippen molar-refractivity contribution >= 4 is 0 Å². The molecule has 0 aliphatic carbocycles. The Balaban J connectivity index is 2.22. The van der Waals surface area contributed by atoms with Gasteiger partial charge in [-0.05, 0) is 30.2 Å². The van der Waals surface area contributed by atoms with E-state index >= 15 is 0 Å². The molecule has 2 nitrogen and oxygen atoms in total. The molecule has 0 spiro atoms. The third kappa shape index (κ3) is 2.61. The van der Waals surface area contributed by atoms with E-state index in [4.69, 9.17) is 0 Å². The van der Waals surface area contributed by atoms with Crippen LogP contribution in [0.25, 0.3) is 0 Å². The number of aromatic nitrogens is 2. The molecular formula is C12H7FN2. The fraction of sp³-hybridized carbons (Fsp3) is 0. The second-order valence-corrected chi connectivity index (χ2v) is 2.85. The highest BCUT2D eigenvalue weighted by Crippen LogP contribution is 2.00. The molecule has 0 bridgehead atoms. The number of hydrogen-bond acceptors (Lipinski definition) is 2. The molecule has 0 N–H and O–H groups in total. The van der Waals surface area contributed by atoms with Crippen molar-refractivity contribution in [3.05, 3.63) is 59.9 Å². The summed E-state index contributed by atoms with van der Waals surface area (Å²) in [5, 5.41) is 0. The average molecular weight is 198 g/mol. The topological polar surface area (TPSA) is 25.8 Å². The summed E-state index contributed by atoms with van der Waals surface area (Å²) in [5.74, 6) is 5.44. The number of benzene rings is 1. The highest BCUT2D eigenvalue weighted by molar-refractivity contribution is 5.39. The first kappa shape index (κ1) is 9.35. The molecule has 72 valence electrons. The van der Waals surface area contributed by atoms with Crippen LogP contribution < -0.4 is 0 Å². The van der Waals surface area contributed by atoms with E-state index in [0.29, 0.717) is 5.69 Å². The van der Waals surface area contributed by atoms with E-state index < -0.39 is 0 Å². The third-order valence-corrected chi connectivity index (χ3v) is 1.74. The number of halogens is 1. The van der Waals surface area contributed by atoms with Crippen LogP contribution >= 0.6 is 0 Å². The van der Waals surface area contributed by atoms with Gasteiger partial charge in [0.1, 0.15) is 11.5 Å². The van der Waals surface area contributed by atoms with E-state index in [9.17, 15) is 4.39 Å². The Bertz CT molecular complexity index is 495. The summed E-state index contributed by atoms with van der Waals surface area (Å²) in [5.41, 5.74) is 1.35. The Morgan fingerprint density at radius 3 is 2.47 bits per heavy atom. The molecule has 0 saturated carbocycles. The van der Waals surface area contributed by atoms with Crippen molar-refractivity contribution in [3.63, 3.8) is 0 Å². The molecule has 1 aromatic heterocycles. The molecule has 15 heavy (non-hydrogen) atoms. The molecule has 0 unspecified atom stereocenters. The molecule has 0 fully saturated rings. The van der Waals surface area contributed by atoms with Gasteiger partial charge in [0.2, 0.25) is 0 Å². The minimum absolute atomic E-state index is 0.264. The van der Waals surface area contributed by atoms with Gasteiger partial charge in [0.25, 0.3) is 0 Å². The van der Waals surface area contributed by atoms with Crippen molar-refractivity contribution in [2.75, 3.05) is 0 Å². The Labute approximate surface area is 86.8 Å². The monoisotopic (exact) mass is 198 g/mol. The zero-order valence-corrected chi connectivity index (χ0v) is 7.81. The van der Waals surface area contributed by atoms with Gasteiger partial charge in [-0.1, -0.05) is 5.92 Å². The van der Waals surface area contributed by atoms with Crippen LogP contribution in [0.3, 0.4) is 0 Å². The van der Waals surface area contributed by atoms with Crippen LogP contribution in [0.15, 0.2) is 42.9 Å². The largest absolute Gasteiger partial charge is 0.260 e. The summed E-state index contributed by atoms with van der Waals surface area (Å²) in [6.07, 6.45) is 4.74. The number of rotatable bonds is 0. The Kier molecular flexibility index (Phi) is 2.70. The van der Waals surface area contributed by atoms with E-state index in [1.165, 1.54) is 12.1 Å². The molecule has 0 amide bonds. The quantitative estimate of drug-likeness (QED) is 0.605. The standard InChI is InChI=1S/C12H7FN2/c13-11-4-1-10(2-5-11)3-6-12-9-14-7-8-15-12/h1-2,4-5,7-9H. The maximum atomic E-state index is 12.6. The van der Waals surface area contributed by atoms with Gasteiger partial charge in [-0.25, -0.2) is 9.37 Å². The van der Waals surface area contributed by atoms with Crippen LogP contribution in [-0.4, -0.2) is 9.97 Å². The lowest BCUT2D eigenvalue weighted by molar-refractivity contribution is 0.627. The van der Waals surface area contributed by atoms with Crippen molar-refractivity contribution in [2.24, 2.45) is 0 Å². The number of hydrogen-bond donors (Lipinski definition) is 0. The molecule has 0 radical (unpaired) electrons. The highest BCUT2D eigenvalue weighted by Gasteiger charge is 1.89. The molecule has 2 aromatic rings. The van der Waals surface area contributed by atoms with Gasteiger partial charge in [0.05, 0.1) is 6.20 Å². The van der Waals surface area contributed by atoms with Crippen LogP contribution in [0.1, 0.15) is 11.3 Å². The van der Waals surface area contributed by atoms with E-state index in [0.717, 1.165) is 5.56 Å². The predicted octanol–water partition coefficient (Wildman–Crippen LogP) is 2.02. The van der Waals surface area contributed by atoms with E-state index in [1.807, 2.05) is 0 Å². The van der Waals surface area contributed by atoms with Crippen molar-refractivity contribution < 1.29 is 4.39 Å². The van der Waals surface area contributed by atoms with Crippen molar-refractivity contribution in [3.8, 4) is 11.8 Å². The molecule has 1 aromatic carbocycles. The first-order valence-electron chi connectivity index (χ1n) is 4.38. The highest BCUT2D eigenvalue weighted by atomic mass is 19.1. The van der Waals surface area contributed by atoms with Crippen molar-refractivity contribution in [2.45, 2.75) is 0 Å². The smallest absolute Gasteiger partial charge is 0.131 e. The first-order chi connectivity index (χ1) is 7.34. The lowest BCUT2D eigenvalue weighted by Gasteiger charge is -1.89. The minimum Gasteiger partial charge on any atom is -0.260 e. The maximum Gasteiger partial charge on any atom is 0.131 e. The minimum atomic E-state index is -0.264. The fourth-order valence-electron chi connectivity index (χ4n) is 1.03. The van der Waals surface area contributed by atoms with Crippen LogP contribution in [0.5, 0.6) is 0 Å². The second kappa shape index (κ2) is 4.34. The molecule has 0 saturated heterocycles. The number of nitrogens with zero attached hydrogens (tertiary/aromatic N) is 2. The fourth-order valence-corrected chi connectivity index (χ4v) is 1.03. The summed E-state index contributed by atoms with van der Waals surface area (Å²) in [7, 11) is 0. The van der Waals surface area contributed by atoms with E-state index in [1.54, 1.807) is 30.7 Å². The van der Waals surface area contributed by atoms with E-state index in [-0.39, 0.29) is 5.82 Å². The predicted molar refractivity (Wildman–Crippen MR) is 54.4 cm³/mol. The van der Waals surface area contributed by atoms with Gasteiger partial charge in [-0.15, -0.1) is 0 Å². The normalized spacial score (nSPS) is 9.13. The summed E-state index contributed by atoms with van der Waals surface area (Å²) in [4.78, 5) is 7.89. The van der Waals surface area contributed by atoms with Gasteiger partial charge in [0.15, 0.2) is 0 Å². The zero-order valence-electron chi connectivity index (χ0n) is 7.81. The Morgan fingerprint density at radius 1 is 1.00 bits per heavy atom. The van der Waals surface area contributed by atoms with Gasteiger partial charge >= 0.3 is 0 Å². The van der Waals surface area contributed by atoms with Crippen molar-refractivity contribution in [1.82, 2.24) is 9.97 Å². The van der Waals surface area contributed by atoms with Gasteiger partial charge in [-0.3, -0.25) is 4.98 Å². The summed E-state index contributed by atoms with van der Waals surface area (Å²) in [6.45, 7) is 0. The summed E-state index contributed by atoms with van der Waals surface area (Å²) >= 11 is 0. The van der Waals surface area contributed by atoms with Gasteiger partial charge < -0.3 is 0 Å². The summed E-state index contributed by atoms with van der Waals surface area (Å²) < 4.78 is 12.6. The van der Waals surface area contributed by atoms with Crippen LogP contribution in [0, 0.1) is 17.7 Å². The molecule has 0 aliphatic rings. The van der Waals surface area contributed by atoms with Crippen LogP contribution in [-0.2, 0) is 0 Å². The molecule has 3 heteroatoms. The zero-order chi connectivity index (χ0) is 10.5. The average Bonchev–Trinajstić information content (AvgIpc) is 2.30. The summed E-state index contributed by atoms with van der Waals surface area (Å²) in [6, 6.07) is 6.00.